The van der Waals surface area contributed by atoms with Crippen molar-refractivity contribution in [3.05, 3.63) is 48.0 Å². The molecule has 162 valence electrons. The fraction of sp³-hybridized carbons (Fsp3) is 0.409. The molecular formula is C22H23F4NO3. The van der Waals surface area contributed by atoms with Crippen LogP contribution in [0.1, 0.15) is 38.8 Å². The Morgan fingerprint density at radius 1 is 1.07 bits per heavy atom. The van der Waals surface area contributed by atoms with Crippen LogP contribution in [0.5, 0.6) is 0 Å². The maximum absolute atomic E-state index is 14.2. The molecule has 0 radical (unpaired) electrons. The fourth-order valence-electron chi connectivity index (χ4n) is 3.44. The van der Waals surface area contributed by atoms with Gasteiger partial charge in [0, 0.05) is 17.2 Å². The van der Waals surface area contributed by atoms with E-state index in [4.69, 9.17) is 9.15 Å². The molecule has 2 unspecified atom stereocenters. The van der Waals surface area contributed by atoms with Gasteiger partial charge in [-0.05, 0) is 38.5 Å². The van der Waals surface area contributed by atoms with Crippen molar-refractivity contribution in [2.45, 2.75) is 51.1 Å². The van der Waals surface area contributed by atoms with Crippen LogP contribution in [0.4, 0.5) is 17.6 Å². The fourth-order valence-corrected chi connectivity index (χ4v) is 3.44. The number of hydrogen-bond donors (Lipinski definition) is 1. The number of benzene rings is 2. The number of furan rings is 1. The van der Waals surface area contributed by atoms with Gasteiger partial charge in [-0.15, -0.1) is 0 Å². The summed E-state index contributed by atoms with van der Waals surface area (Å²) < 4.78 is 66.4. The van der Waals surface area contributed by atoms with Gasteiger partial charge in [0.15, 0.2) is 0 Å². The SMILES string of the molecule is CCOC(=O)C(CC(C)(C)F)NC(c1ccc2c(c1)oc1ccccc12)C(F)(F)F. The van der Waals surface area contributed by atoms with Crippen LogP contribution in [0.2, 0.25) is 0 Å². The summed E-state index contributed by atoms with van der Waals surface area (Å²) in [4.78, 5) is 12.2. The monoisotopic (exact) mass is 425 g/mol. The van der Waals surface area contributed by atoms with Gasteiger partial charge >= 0.3 is 12.1 Å². The standard InChI is InChI=1S/C22H23F4NO3/c1-4-29-20(28)16(12-21(2,3)23)27-19(22(24,25)26)13-9-10-15-14-7-5-6-8-17(14)30-18(15)11-13/h5-11,16,19,27H,4,12H2,1-3H3. The Hall–Kier alpha value is -2.61. The van der Waals surface area contributed by atoms with Crippen LogP contribution in [0.15, 0.2) is 46.9 Å². The first-order chi connectivity index (χ1) is 14.0. The smallest absolute Gasteiger partial charge is 0.407 e. The summed E-state index contributed by atoms with van der Waals surface area (Å²) in [6.45, 7) is 3.91. The molecule has 0 spiro atoms. The lowest BCUT2D eigenvalue weighted by Crippen LogP contribution is -2.47. The van der Waals surface area contributed by atoms with Gasteiger partial charge in [0.1, 0.15) is 28.9 Å². The van der Waals surface area contributed by atoms with E-state index in [0.29, 0.717) is 16.6 Å². The predicted molar refractivity (Wildman–Crippen MR) is 106 cm³/mol. The van der Waals surface area contributed by atoms with E-state index < -0.39 is 36.3 Å². The first-order valence-corrected chi connectivity index (χ1v) is 9.59. The van der Waals surface area contributed by atoms with Crippen molar-refractivity contribution in [3.8, 4) is 0 Å². The second-order valence-corrected chi connectivity index (χ2v) is 7.72. The van der Waals surface area contributed by atoms with E-state index >= 15 is 0 Å². The van der Waals surface area contributed by atoms with Gasteiger partial charge < -0.3 is 9.15 Å². The van der Waals surface area contributed by atoms with Crippen molar-refractivity contribution in [1.29, 1.82) is 0 Å². The Morgan fingerprint density at radius 2 is 1.73 bits per heavy atom. The van der Waals surface area contributed by atoms with E-state index in [1.54, 1.807) is 18.2 Å². The Bertz CT molecular complexity index is 1040. The molecule has 2 atom stereocenters. The van der Waals surface area contributed by atoms with Crippen LogP contribution in [0, 0.1) is 0 Å². The van der Waals surface area contributed by atoms with E-state index in [-0.39, 0.29) is 12.2 Å². The number of carbonyl (C=O) groups is 1. The summed E-state index contributed by atoms with van der Waals surface area (Å²) in [5.74, 6) is -0.928. The third kappa shape index (κ3) is 4.92. The maximum atomic E-state index is 14.2. The summed E-state index contributed by atoms with van der Waals surface area (Å²) >= 11 is 0. The number of halogens is 4. The number of rotatable bonds is 7. The minimum atomic E-state index is -4.73. The van der Waals surface area contributed by atoms with Crippen molar-refractivity contribution in [1.82, 2.24) is 5.32 Å². The minimum absolute atomic E-state index is 0.0225. The Balaban J connectivity index is 2.00. The topological polar surface area (TPSA) is 51.5 Å². The average Bonchev–Trinajstić information content (AvgIpc) is 3.01. The molecule has 0 aliphatic heterocycles. The molecule has 0 fully saturated rings. The molecular weight excluding hydrogens is 402 g/mol. The molecule has 1 N–H and O–H groups in total. The normalized spacial score (nSPS) is 14.8. The van der Waals surface area contributed by atoms with Gasteiger partial charge in [-0.25, -0.2) is 4.39 Å². The Labute approximate surface area is 171 Å². The van der Waals surface area contributed by atoms with Crippen LogP contribution in [-0.2, 0) is 9.53 Å². The molecule has 0 bridgehead atoms. The average molecular weight is 425 g/mol. The zero-order valence-electron chi connectivity index (χ0n) is 16.8. The van der Waals surface area contributed by atoms with Crippen LogP contribution < -0.4 is 5.32 Å². The molecule has 0 aliphatic rings. The number of nitrogens with one attached hydrogen (secondary N) is 1. The van der Waals surface area contributed by atoms with Crippen LogP contribution in [0.3, 0.4) is 0 Å². The lowest BCUT2D eigenvalue weighted by molar-refractivity contribution is -0.165. The van der Waals surface area contributed by atoms with E-state index in [1.165, 1.54) is 32.9 Å². The van der Waals surface area contributed by atoms with Gasteiger partial charge in [0.2, 0.25) is 0 Å². The second kappa shape index (κ2) is 8.26. The molecule has 0 aliphatic carbocycles. The minimum Gasteiger partial charge on any atom is -0.465 e. The number of para-hydroxylation sites is 1. The largest absolute Gasteiger partial charge is 0.465 e. The molecule has 0 saturated heterocycles. The third-order valence-corrected chi connectivity index (χ3v) is 4.69. The zero-order valence-corrected chi connectivity index (χ0v) is 16.8. The molecule has 8 heteroatoms. The predicted octanol–water partition coefficient (Wildman–Crippen LogP) is 5.85. The number of esters is 1. The van der Waals surface area contributed by atoms with Crippen LogP contribution in [-0.4, -0.2) is 30.5 Å². The highest BCUT2D eigenvalue weighted by Crippen LogP contribution is 2.37. The lowest BCUT2D eigenvalue weighted by Gasteiger charge is -2.29. The summed E-state index contributed by atoms with van der Waals surface area (Å²) in [6, 6.07) is 7.64. The number of hydrogen-bond acceptors (Lipinski definition) is 4. The molecule has 3 aromatic rings. The quantitative estimate of drug-likeness (QED) is 0.381. The van der Waals surface area contributed by atoms with E-state index in [0.717, 1.165) is 5.39 Å². The zero-order chi connectivity index (χ0) is 22.1. The molecule has 1 aromatic heterocycles. The maximum Gasteiger partial charge on any atom is 0.407 e. The first kappa shape index (κ1) is 22.1. The molecule has 0 amide bonds. The lowest BCUT2D eigenvalue weighted by atomic mass is 9.97. The molecule has 1 heterocycles. The highest BCUT2D eigenvalue weighted by molar-refractivity contribution is 6.04. The van der Waals surface area contributed by atoms with Crippen molar-refractivity contribution in [2.24, 2.45) is 0 Å². The van der Waals surface area contributed by atoms with Gasteiger partial charge in [-0.2, -0.15) is 13.2 Å². The van der Waals surface area contributed by atoms with Gasteiger partial charge in [-0.3, -0.25) is 10.1 Å². The summed E-state index contributed by atoms with van der Waals surface area (Å²) in [5, 5.41) is 3.74. The summed E-state index contributed by atoms with van der Waals surface area (Å²) in [5.41, 5.74) is -1.16. The molecule has 3 rings (SSSR count). The molecule has 4 nitrogen and oxygen atoms in total. The van der Waals surface area contributed by atoms with Crippen LogP contribution in [0.25, 0.3) is 21.9 Å². The van der Waals surface area contributed by atoms with E-state index in [9.17, 15) is 22.4 Å². The molecule has 30 heavy (non-hydrogen) atoms. The highest BCUT2D eigenvalue weighted by atomic mass is 19.4. The van der Waals surface area contributed by atoms with Gasteiger partial charge in [0.25, 0.3) is 0 Å². The van der Waals surface area contributed by atoms with Crippen molar-refractivity contribution < 1.29 is 31.5 Å². The number of ether oxygens (including phenoxy) is 1. The first-order valence-electron chi connectivity index (χ1n) is 9.59. The number of carbonyl (C=O) groups excluding carboxylic acids is 1. The van der Waals surface area contributed by atoms with E-state index in [1.807, 2.05) is 12.1 Å². The highest BCUT2D eigenvalue weighted by Gasteiger charge is 2.44. The molecule has 2 aromatic carbocycles. The van der Waals surface area contributed by atoms with Crippen LogP contribution >= 0.6 is 0 Å². The summed E-state index contributed by atoms with van der Waals surface area (Å²) in [6.07, 6.45) is -5.20. The van der Waals surface area contributed by atoms with Crippen molar-refractivity contribution in [3.63, 3.8) is 0 Å². The van der Waals surface area contributed by atoms with Crippen molar-refractivity contribution in [2.75, 3.05) is 6.61 Å². The Kier molecular flexibility index (Phi) is 6.08. The second-order valence-electron chi connectivity index (χ2n) is 7.72. The number of alkyl halides is 4. The van der Waals surface area contributed by atoms with E-state index in [2.05, 4.69) is 5.32 Å². The number of fused-ring (bicyclic) bond motifs is 3. The van der Waals surface area contributed by atoms with Crippen molar-refractivity contribution >= 4 is 27.9 Å². The summed E-state index contributed by atoms with van der Waals surface area (Å²) in [7, 11) is 0. The molecule has 0 saturated carbocycles. The van der Waals surface area contributed by atoms with Gasteiger partial charge in [0.05, 0.1) is 6.61 Å². The van der Waals surface area contributed by atoms with Gasteiger partial charge in [-0.1, -0.05) is 30.3 Å². The third-order valence-electron chi connectivity index (χ3n) is 4.69. The Morgan fingerprint density at radius 3 is 2.37 bits per heavy atom.